The van der Waals surface area contributed by atoms with Gasteiger partial charge in [-0.3, -0.25) is 9.59 Å². The van der Waals surface area contributed by atoms with E-state index in [9.17, 15) is 9.59 Å². The number of hydrogen-bond acceptors (Lipinski definition) is 5. The summed E-state index contributed by atoms with van der Waals surface area (Å²) in [6.07, 6.45) is 8.05. The second-order valence-electron chi connectivity index (χ2n) is 6.15. The highest BCUT2D eigenvalue weighted by molar-refractivity contribution is 6.35. The lowest BCUT2D eigenvalue weighted by Crippen LogP contribution is -2.58. The van der Waals surface area contributed by atoms with E-state index in [1.165, 1.54) is 4.80 Å². The average Bonchev–Trinajstić information content (AvgIpc) is 3.08. The first-order valence-corrected chi connectivity index (χ1v) is 8.14. The second kappa shape index (κ2) is 6.03. The van der Waals surface area contributed by atoms with Gasteiger partial charge in [0.25, 0.3) is 0 Å². The van der Waals surface area contributed by atoms with Gasteiger partial charge in [-0.15, -0.1) is 4.80 Å². The summed E-state index contributed by atoms with van der Waals surface area (Å²) < 4.78 is 0. The molecule has 2 fully saturated rings. The number of piperazine rings is 1. The van der Waals surface area contributed by atoms with Crippen LogP contribution in [0.25, 0.3) is 5.82 Å². The maximum absolute atomic E-state index is 12.3. The molecule has 2 aromatic heterocycles. The zero-order valence-electron chi connectivity index (χ0n) is 13.2. The van der Waals surface area contributed by atoms with Gasteiger partial charge in [-0.2, -0.15) is 10.2 Å². The highest BCUT2D eigenvalue weighted by atomic mass is 16.2. The Morgan fingerprint density at radius 1 is 1.04 bits per heavy atom. The quantitative estimate of drug-likeness (QED) is 0.759. The Morgan fingerprint density at radius 2 is 1.83 bits per heavy atom. The lowest BCUT2D eigenvalue weighted by Gasteiger charge is -2.42. The smallest absolute Gasteiger partial charge is 0.312 e. The number of aromatic nitrogens is 4. The zero-order chi connectivity index (χ0) is 16.5. The molecule has 2 amide bonds. The molecule has 0 unspecified atom stereocenters. The summed E-state index contributed by atoms with van der Waals surface area (Å²) in [5.74, 6) is -0.164. The first kappa shape index (κ1) is 14.8. The molecule has 1 saturated heterocycles. The van der Waals surface area contributed by atoms with Gasteiger partial charge in [-0.1, -0.05) is 6.07 Å². The van der Waals surface area contributed by atoms with Crippen LogP contribution in [0.5, 0.6) is 0 Å². The van der Waals surface area contributed by atoms with E-state index in [4.69, 9.17) is 0 Å². The van der Waals surface area contributed by atoms with Gasteiger partial charge >= 0.3 is 11.8 Å². The third-order valence-electron chi connectivity index (χ3n) is 4.66. The van der Waals surface area contributed by atoms with Crippen molar-refractivity contribution in [3.05, 3.63) is 36.3 Å². The Morgan fingerprint density at radius 3 is 2.46 bits per heavy atom. The van der Waals surface area contributed by atoms with Crippen LogP contribution in [0.4, 0.5) is 0 Å². The molecule has 0 atom stereocenters. The van der Waals surface area contributed by atoms with Crippen molar-refractivity contribution in [3.63, 3.8) is 0 Å². The van der Waals surface area contributed by atoms with Crippen LogP contribution < -0.4 is 0 Å². The van der Waals surface area contributed by atoms with Crippen LogP contribution in [0, 0.1) is 0 Å². The van der Waals surface area contributed by atoms with E-state index in [-0.39, 0.29) is 11.9 Å². The maximum Gasteiger partial charge on any atom is 0.312 e. The summed E-state index contributed by atoms with van der Waals surface area (Å²) >= 11 is 0. The van der Waals surface area contributed by atoms with Gasteiger partial charge in [0.05, 0.1) is 12.4 Å². The van der Waals surface area contributed by atoms with Crippen LogP contribution in [-0.2, 0) is 16.1 Å². The van der Waals surface area contributed by atoms with E-state index >= 15 is 0 Å². The van der Waals surface area contributed by atoms with Gasteiger partial charge in [0, 0.05) is 31.9 Å². The first-order valence-electron chi connectivity index (χ1n) is 8.14. The lowest BCUT2D eigenvalue weighted by atomic mass is 9.91. The SMILES string of the molecule is O=C1C(=O)N(C2CCC2)CCN1Cc1ccc(-n2nccn2)nc1. The minimum Gasteiger partial charge on any atom is -0.330 e. The molecule has 2 aliphatic rings. The highest BCUT2D eigenvalue weighted by Crippen LogP contribution is 2.26. The molecule has 4 rings (SSSR count). The number of nitrogens with zero attached hydrogens (tertiary/aromatic N) is 6. The Labute approximate surface area is 139 Å². The minimum absolute atomic E-state index is 0.270. The van der Waals surface area contributed by atoms with Crippen molar-refractivity contribution in [1.82, 2.24) is 29.8 Å². The van der Waals surface area contributed by atoms with Gasteiger partial charge in [0.15, 0.2) is 5.82 Å². The van der Waals surface area contributed by atoms with Crippen molar-refractivity contribution >= 4 is 11.8 Å². The van der Waals surface area contributed by atoms with Crippen LogP contribution in [0.1, 0.15) is 24.8 Å². The van der Waals surface area contributed by atoms with Crippen molar-refractivity contribution in [2.24, 2.45) is 0 Å². The molecule has 0 aromatic carbocycles. The van der Waals surface area contributed by atoms with E-state index in [1.54, 1.807) is 34.5 Å². The summed E-state index contributed by atoms with van der Waals surface area (Å²) in [4.78, 5) is 33.7. The maximum atomic E-state index is 12.3. The van der Waals surface area contributed by atoms with Crippen molar-refractivity contribution in [2.45, 2.75) is 31.8 Å². The van der Waals surface area contributed by atoms with E-state index in [1.807, 2.05) is 6.07 Å². The topological polar surface area (TPSA) is 84.2 Å². The molecular weight excluding hydrogens is 308 g/mol. The van der Waals surface area contributed by atoms with Crippen LogP contribution in [0.3, 0.4) is 0 Å². The third-order valence-corrected chi connectivity index (χ3v) is 4.66. The molecule has 8 heteroatoms. The van der Waals surface area contributed by atoms with Crippen LogP contribution >= 0.6 is 0 Å². The van der Waals surface area contributed by atoms with Gasteiger partial charge in [-0.05, 0) is 30.9 Å². The summed E-state index contributed by atoms with van der Waals surface area (Å²) in [6.45, 7) is 1.59. The molecule has 0 radical (unpaired) electrons. The normalized spacial score (nSPS) is 18.8. The van der Waals surface area contributed by atoms with Crippen molar-refractivity contribution in [3.8, 4) is 5.82 Å². The Bertz CT molecular complexity index is 738. The predicted molar refractivity (Wildman–Crippen MR) is 83.9 cm³/mol. The molecule has 1 aliphatic heterocycles. The summed E-state index contributed by atoms with van der Waals surface area (Å²) in [5.41, 5.74) is 0.879. The summed E-state index contributed by atoms with van der Waals surface area (Å²) in [7, 11) is 0. The Kier molecular flexibility index (Phi) is 3.72. The standard InChI is InChI=1S/C16H18N6O2/c23-15-16(24)21(13-2-1-3-13)9-8-20(15)11-12-4-5-14(17-10-12)22-18-6-7-19-22/h4-7,10,13H,1-3,8-9,11H2. The van der Waals surface area contributed by atoms with Crippen LogP contribution in [-0.4, -0.2) is 60.7 Å². The number of hydrogen-bond donors (Lipinski definition) is 0. The molecule has 0 N–H and O–H groups in total. The molecule has 0 spiro atoms. The molecule has 1 aliphatic carbocycles. The van der Waals surface area contributed by atoms with E-state index in [2.05, 4.69) is 15.2 Å². The van der Waals surface area contributed by atoms with Crippen LogP contribution in [0.15, 0.2) is 30.7 Å². The van der Waals surface area contributed by atoms with Gasteiger partial charge in [0.1, 0.15) is 0 Å². The summed E-state index contributed by atoms with van der Waals surface area (Å²) in [6, 6.07) is 3.94. The van der Waals surface area contributed by atoms with E-state index in [0.717, 1.165) is 24.8 Å². The highest BCUT2D eigenvalue weighted by Gasteiger charge is 2.38. The second-order valence-corrected chi connectivity index (χ2v) is 6.15. The largest absolute Gasteiger partial charge is 0.330 e. The third kappa shape index (κ3) is 2.64. The molecule has 24 heavy (non-hydrogen) atoms. The number of carbonyl (C=O) groups is 2. The van der Waals surface area contributed by atoms with Crippen molar-refractivity contribution < 1.29 is 9.59 Å². The molecule has 0 bridgehead atoms. The summed E-state index contributed by atoms with van der Waals surface area (Å²) in [5, 5.41) is 8.04. The molecular formula is C16H18N6O2. The molecule has 1 saturated carbocycles. The Hall–Kier alpha value is -2.77. The van der Waals surface area contributed by atoms with Gasteiger partial charge < -0.3 is 9.80 Å². The fourth-order valence-electron chi connectivity index (χ4n) is 3.07. The van der Waals surface area contributed by atoms with Gasteiger partial charge in [-0.25, -0.2) is 4.98 Å². The number of rotatable bonds is 4. The average molecular weight is 326 g/mol. The molecule has 3 heterocycles. The van der Waals surface area contributed by atoms with Crippen molar-refractivity contribution in [1.29, 1.82) is 0 Å². The molecule has 2 aromatic rings. The van der Waals surface area contributed by atoms with E-state index < -0.39 is 5.91 Å². The van der Waals surface area contributed by atoms with Gasteiger partial charge in [0.2, 0.25) is 0 Å². The Balaban J connectivity index is 1.42. The lowest BCUT2D eigenvalue weighted by molar-refractivity contribution is -0.159. The predicted octanol–water partition coefficient (Wildman–Crippen LogP) is 0.386. The number of pyridine rings is 1. The fourth-order valence-corrected chi connectivity index (χ4v) is 3.07. The molecule has 8 nitrogen and oxygen atoms in total. The zero-order valence-corrected chi connectivity index (χ0v) is 13.2. The van der Waals surface area contributed by atoms with Crippen molar-refractivity contribution in [2.75, 3.05) is 13.1 Å². The monoisotopic (exact) mass is 326 g/mol. The van der Waals surface area contributed by atoms with E-state index in [0.29, 0.717) is 25.5 Å². The number of carbonyl (C=O) groups excluding carboxylic acids is 2. The first-order chi connectivity index (χ1) is 11.7. The number of amides is 2. The van der Waals surface area contributed by atoms with Crippen LogP contribution in [0.2, 0.25) is 0 Å². The molecule has 124 valence electrons. The fraction of sp³-hybridized carbons (Fsp3) is 0.438. The minimum atomic E-state index is -0.411.